The maximum absolute atomic E-state index is 12.7. The largest absolute Gasteiger partial charge is 0.345 e. The number of nitrogens with zero attached hydrogens (tertiary/aromatic N) is 2. The van der Waals surface area contributed by atoms with Crippen LogP contribution in [0.25, 0.3) is 10.9 Å². The lowest BCUT2D eigenvalue weighted by atomic mass is 10.0. The first kappa shape index (κ1) is 15.3. The molecule has 0 unspecified atom stereocenters. The quantitative estimate of drug-likeness (QED) is 0.870. The molecule has 0 saturated carbocycles. The van der Waals surface area contributed by atoms with Gasteiger partial charge in [-0.2, -0.15) is 0 Å². The van der Waals surface area contributed by atoms with E-state index in [-0.39, 0.29) is 16.9 Å². The molecule has 0 aliphatic carbocycles. The van der Waals surface area contributed by atoms with Crippen molar-refractivity contribution in [3.05, 3.63) is 45.2 Å². The van der Waals surface area contributed by atoms with Gasteiger partial charge in [-0.3, -0.25) is 9.59 Å². The van der Waals surface area contributed by atoms with Gasteiger partial charge in [-0.15, -0.1) is 0 Å². The number of carbonyl (C=O) groups is 1. The fourth-order valence-corrected chi connectivity index (χ4v) is 2.67. The van der Waals surface area contributed by atoms with Crippen LogP contribution in [0.2, 0.25) is 0 Å². The molecular weight excluding hydrogens is 264 g/mol. The molecule has 2 rings (SSSR count). The summed E-state index contributed by atoms with van der Waals surface area (Å²) in [5, 5.41) is 0.624. The fraction of sp³-hybridized carbons (Fsp3) is 0.412. The van der Waals surface area contributed by atoms with Crippen molar-refractivity contribution in [2.45, 2.75) is 33.7 Å². The first-order chi connectivity index (χ1) is 9.88. The average Bonchev–Trinajstić information content (AvgIpc) is 2.43. The van der Waals surface area contributed by atoms with Gasteiger partial charge >= 0.3 is 0 Å². The van der Waals surface area contributed by atoms with Crippen molar-refractivity contribution in [2.75, 3.05) is 14.1 Å². The highest BCUT2D eigenvalue weighted by Crippen LogP contribution is 2.19. The first-order valence-electron chi connectivity index (χ1n) is 7.23. The van der Waals surface area contributed by atoms with Crippen LogP contribution in [0.1, 0.15) is 35.0 Å². The number of pyridine rings is 1. The summed E-state index contributed by atoms with van der Waals surface area (Å²) in [6.45, 7) is 6.69. The maximum atomic E-state index is 12.7. The molecule has 0 spiro atoms. The molecule has 0 fully saturated rings. The Kier molecular flexibility index (Phi) is 4.16. The molecule has 0 bridgehead atoms. The highest BCUT2D eigenvalue weighted by atomic mass is 16.2. The summed E-state index contributed by atoms with van der Waals surface area (Å²) in [5.74, 6) is -0.231. The number of aromatic nitrogens is 1. The van der Waals surface area contributed by atoms with Gasteiger partial charge in [0.25, 0.3) is 5.91 Å². The van der Waals surface area contributed by atoms with E-state index in [9.17, 15) is 9.59 Å². The minimum atomic E-state index is -0.231. The van der Waals surface area contributed by atoms with Crippen LogP contribution in [0.4, 0.5) is 0 Å². The molecule has 0 atom stereocenters. The van der Waals surface area contributed by atoms with Gasteiger partial charge in [-0.1, -0.05) is 18.6 Å². The van der Waals surface area contributed by atoms with Crippen LogP contribution in [-0.4, -0.2) is 29.5 Å². The molecule has 1 amide bonds. The Balaban J connectivity index is 2.93. The lowest BCUT2D eigenvalue weighted by molar-refractivity contribution is 0.0825. The van der Waals surface area contributed by atoms with E-state index in [4.69, 9.17) is 0 Å². The number of amides is 1. The first-order valence-corrected chi connectivity index (χ1v) is 7.23. The Hall–Kier alpha value is -2.10. The minimum Gasteiger partial charge on any atom is -0.345 e. The lowest BCUT2D eigenvalue weighted by Crippen LogP contribution is -2.31. The Morgan fingerprint density at radius 3 is 2.48 bits per heavy atom. The van der Waals surface area contributed by atoms with Crippen molar-refractivity contribution in [2.24, 2.45) is 0 Å². The summed E-state index contributed by atoms with van der Waals surface area (Å²) in [5.41, 5.74) is 2.79. The van der Waals surface area contributed by atoms with Crippen molar-refractivity contribution >= 4 is 16.8 Å². The van der Waals surface area contributed by atoms with E-state index >= 15 is 0 Å². The summed E-state index contributed by atoms with van der Waals surface area (Å²) in [4.78, 5) is 26.6. The smallest absolute Gasteiger partial charge is 0.259 e. The van der Waals surface area contributed by atoms with Gasteiger partial charge in [0, 0.05) is 31.7 Å². The highest BCUT2D eigenvalue weighted by molar-refractivity contribution is 5.98. The van der Waals surface area contributed by atoms with Gasteiger partial charge in [0.15, 0.2) is 0 Å². The van der Waals surface area contributed by atoms with E-state index < -0.39 is 0 Å². The number of benzene rings is 1. The van der Waals surface area contributed by atoms with Crippen LogP contribution in [-0.2, 0) is 6.54 Å². The number of carbonyl (C=O) groups excluding carboxylic acids is 1. The van der Waals surface area contributed by atoms with E-state index in [0.717, 1.165) is 29.7 Å². The van der Waals surface area contributed by atoms with Gasteiger partial charge in [-0.05, 0) is 32.4 Å². The molecule has 0 saturated heterocycles. The molecular formula is C17H22N2O2. The SMILES string of the molecule is CCCn1c(C)c(C(=O)N(C)C)c(=O)c2cc(C)ccc21. The standard InChI is InChI=1S/C17H22N2O2/c1-6-9-19-12(3)15(17(21)18(4)5)16(20)13-10-11(2)7-8-14(13)19/h7-8,10H,6,9H2,1-5H3. The van der Waals surface area contributed by atoms with Crippen LogP contribution in [0.3, 0.4) is 0 Å². The van der Waals surface area contributed by atoms with Crippen molar-refractivity contribution in [1.29, 1.82) is 0 Å². The summed E-state index contributed by atoms with van der Waals surface area (Å²) in [6, 6.07) is 5.84. The number of rotatable bonds is 3. The Morgan fingerprint density at radius 2 is 1.90 bits per heavy atom. The van der Waals surface area contributed by atoms with Crippen LogP contribution in [0.15, 0.2) is 23.0 Å². The molecule has 112 valence electrons. The lowest BCUT2D eigenvalue weighted by Gasteiger charge is -2.19. The van der Waals surface area contributed by atoms with E-state index in [2.05, 4.69) is 11.5 Å². The van der Waals surface area contributed by atoms with Gasteiger partial charge in [0.2, 0.25) is 5.43 Å². The molecule has 2 aromatic rings. The topological polar surface area (TPSA) is 42.3 Å². The second-order valence-electron chi connectivity index (χ2n) is 5.66. The summed E-state index contributed by atoms with van der Waals surface area (Å²) in [6.07, 6.45) is 0.947. The third-order valence-electron chi connectivity index (χ3n) is 3.75. The average molecular weight is 286 g/mol. The Labute approximate surface area is 125 Å². The van der Waals surface area contributed by atoms with Crippen molar-refractivity contribution in [3.8, 4) is 0 Å². The molecule has 1 heterocycles. The zero-order chi connectivity index (χ0) is 15.7. The summed E-state index contributed by atoms with van der Waals surface area (Å²) < 4.78 is 2.08. The number of hydrogen-bond acceptors (Lipinski definition) is 2. The monoisotopic (exact) mass is 286 g/mol. The van der Waals surface area contributed by atoms with Gasteiger partial charge in [-0.25, -0.2) is 0 Å². The predicted octanol–water partition coefficient (Wildman–Crippen LogP) is 2.73. The Morgan fingerprint density at radius 1 is 1.24 bits per heavy atom. The zero-order valence-electron chi connectivity index (χ0n) is 13.4. The zero-order valence-corrected chi connectivity index (χ0v) is 13.4. The van der Waals surface area contributed by atoms with E-state index in [1.807, 2.05) is 32.0 Å². The summed E-state index contributed by atoms with van der Waals surface area (Å²) >= 11 is 0. The number of fused-ring (bicyclic) bond motifs is 1. The molecule has 0 aliphatic rings. The van der Waals surface area contributed by atoms with E-state index in [1.54, 1.807) is 14.1 Å². The van der Waals surface area contributed by atoms with Gasteiger partial charge in [0.1, 0.15) is 5.56 Å². The molecule has 4 nitrogen and oxygen atoms in total. The molecule has 0 radical (unpaired) electrons. The van der Waals surface area contributed by atoms with Crippen LogP contribution >= 0.6 is 0 Å². The molecule has 21 heavy (non-hydrogen) atoms. The second-order valence-corrected chi connectivity index (χ2v) is 5.66. The van der Waals surface area contributed by atoms with Crippen molar-refractivity contribution in [3.63, 3.8) is 0 Å². The minimum absolute atomic E-state index is 0.169. The van der Waals surface area contributed by atoms with E-state index in [0.29, 0.717) is 5.39 Å². The molecule has 0 N–H and O–H groups in total. The number of hydrogen-bond donors (Lipinski definition) is 0. The van der Waals surface area contributed by atoms with Crippen LogP contribution < -0.4 is 5.43 Å². The highest BCUT2D eigenvalue weighted by Gasteiger charge is 2.20. The molecule has 4 heteroatoms. The third kappa shape index (κ3) is 2.58. The van der Waals surface area contributed by atoms with Crippen LogP contribution in [0.5, 0.6) is 0 Å². The van der Waals surface area contributed by atoms with Crippen molar-refractivity contribution in [1.82, 2.24) is 9.47 Å². The van der Waals surface area contributed by atoms with Gasteiger partial charge in [0.05, 0.1) is 5.52 Å². The molecule has 1 aromatic heterocycles. The molecule has 1 aromatic carbocycles. The second kappa shape index (κ2) is 5.72. The Bertz CT molecular complexity index is 757. The molecule has 0 aliphatic heterocycles. The van der Waals surface area contributed by atoms with Gasteiger partial charge < -0.3 is 9.47 Å². The third-order valence-corrected chi connectivity index (χ3v) is 3.75. The van der Waals surface area contributed by atoms with E-state index in [1.165, 1.54) is 4.90 Å². The summed E-state index contributed by atoms with van der Waals surface area (Å²) in [7, 11) is 3.34. The van der Waals surface area contributed by atoms with Crippen molar-refractivity contribution < 1.29 is 4.79 Å². The normalized spacial score (nSPS) is 10.9. The fourth-order valence-electron chi connectivity index (χ4n) is 2.67. The number of aryl methyl sites for hydroxylation is 2. The predicted molar refractivity (Wildman–Crippen MR) is 86.0 cm³/mol. The maximum Gasteiger partial charge on any atom is 0.259 e. The van der Waals surface area contributed by atoms with Crippen LogP contribution in [0, 0.1) is 13.8 Å².